The highest BCUT2D eigenvalue weighted by Crippen LogP contribution is 2.24. The first-order chi connectivity index (χ1) is 11.5. The molecule has 0 aliphatic carbocycles. The molecule has 0 fully saturated rings. The first-order valence-corrected chi connectivity index (χ1v) is 7.94. The summed E-state index contributed by atoms with van der Waals surface area (Å²) in [5.41, 5.74) is 0.840. The van der Waals surface area contributed by atoms with E-state index in [9.17, 15) is 9.18 Å². The van der Waals surface area contributed by atoms with Gasteiger partial charge in [0, 0.05) is 10.2 Å². The highest BCUT2D eigenvalue weighted by atomic mass is 79.9. The monoisotopic (exact) mass is 409 g/mol. The van der Waals surface area contributed by atoms with Gasteiger partial charge in [0.1, 0.15) is 11.5 Å². The van der Waals surface area contributed by atoms with E-state index in [1.165, 1.54) is 22.9 Å². The van der Waals surface area contributed by atoms with Crippen molar-refractivity contribution in [3.63, 3.8) is 0 Å². The number of aryl methyl sites for hydroxylation is 1. The molecule has 9 heteroatoms. The van der Waals surface area contributed by atoms with Crippen LogP contribution in [0, 0.1) is 12.7 Å². The van der Waals surface area contributed by atoms with E-state index in [-0.39, 0.29) is 5.69 Å². The van der Waals surface area contributed by atoms with Gasteiger partial charge in [-0.25, -0.2) is 4.39 Å². The van der Waals surface area contributed by atoms with E-state index in [2.05, 4.69) is 36.8 Å². The fourth-order valence-corrected chi connectivity index (χ4v) is 2.84. The van der Waals surface area contributed by atoms with Gasteiger partial charge in [-0.1, -0.05) is 27.5 Å². The number of hydrogen-bond acceptors (Lipinski definition) is 4. The zero-order valence-corrected chi connectivity index (χ0v) is 14.6. The van der Waals surface area contributed by atoms with Gasteiger partial charge in [0.15, 0.2) is 5.82 Å². The van der Waals surface area contributed by atoms with E-state index >= 15 is 0 Å². The van der Waals surface area contributed by atoms with Gasteiger partial charge in [-0.15, -0.1) is 5.10 Å². The van der Waals surface area contributed by atoms with Crippen molar-refractivity contribution in [2.24, 2.45) is 0 Å². The minimum absolute atomic E-state index is 0.136. The second-order valence-electron chi connectivity index (χ2n) is 4.88. The van der Waals surface area contributed by atoms with Crippen molar-refractivity contribution in [3.05, 3.63) is 63.1 Å². The summed E-state index contributed by atoms with van der Waals surface area (Å²) in [6.45, 7) is 1.65. The van der Waals surface area contributed by atoms with Gasteiger partial charge >= 0.3 is 0 Å². The first-order valence-electron chi connectivity index (χ1n) is 6.77. The number of carbonyl (C=O) groups is 1. The molecule has 0 atom stereocenters. The zero-order valence-electron chi connectivity index (χ0n) is 12.3. The Bertz CT molecular complexity index is 930. The van der Waals surface area contributed by atoms with Crippen molar-refractivity contribution >= 4 is 39.1 Å². The number of carbonyl (C=O) groups excluding carboxylic acids is 1. The molecule has 2 aromatic carbocycles. The lowest BCUT2D eigenvalue weighted by Crippen LogP contribution is -2.13. The third-order valence-electron chi connectivity index (χ3n) is 3.23. The molecule has 0 bridgehead atoms. The van der Waals surface area contributed by atoms with Crippen LogP contribution in [0.5, 0.6) is 0 Å². The molecule has 0 aliphatic rings. The Morgan fingerprint density at radius 2 is 2.08 bits per heavy atom. The van der Waals surface area contributed by atoms with Gasteiger partial charge < -0.3 is 5.32 Å². The smallest absolute Gasteiger partial charge is 0.257 e. The SMILES string of the molecule is Cc1nnnn1-c1cc(NC(=O)c2ccc(Br)cc2Cl)ccc1F. The molecule has 6 nitrogen and oxygen atoms in total. The second-order valence-corrected chi connectivity index (χ2v) is 6.21. The lowest BCUT2D eigenvalue weighted by molar-refractivity contribution is 0.102. The maximum Gasteiger partial charge on any atom is 0.257 e. The van der Waals surface area contributed by atoms with Gasteiger partial charge in [0.2, 0.25) is 0 Å². The summed E-state index contributed by atoms with van der Waals surface area (Å²) in [5.74, 6) is -0.489. The summed E-state index contributed by atoms with van der Waals surface area (Å²) in [7, 11) is 0. The van der Waals surface area contributed by atoms with Crippen LogP contribution >= 0.6 is 27.5 Å². The number of aromatic nitrogens is 4. The lowest BCUT2D eigenvalue weighted by atomic mass is 10.2. The highest BCUT2D eigenvalue weighted by Gasteiger charge is 2.14. The van der Waals surface area contributed by atoms with Gasteiger partial charge in [-0.3, -0.25) is 4.79 Å². The maximum atomic E-state index is 14.0. The predicted molar refractivity (Wildman–Crippen MR) is 91.0 cm³/mol. The quantitative estimate of drug-likeness (QED) is 0.713. The van der Waals surface area contributed by atoms with Crippen molar-refractivity contribution < 1.29 is 9.18 Å². The van der Waals surface area contributed by atoms with Gasteiger partial charge in [-0.05, 0) is 53.7 Å². The molecule has 0 saturated heterocycles. The van der Waals surface area contributed by atoms with Crippen molar-refractivity contribution in [2.45, 2.75) is 6.92 Å². The Morgan fingerprint density at radius 1 is 1.29 bits per heavy atom. The summed E-state index contributed by atoms with van der Waals surface area (Å²) in [5, 5.41) is 13.9. The van der Waals surface area contributed by atoms with Crippen LogP contribution < -0.4 is 5.32 Å². The van der Waals surface area contributed by atoms with E-state index in [1.54, 1.807) is 25.1 Å². The Balaban J connectivity index is 1.91. The van der Waals surface area contributed by atoms with E-state index in [1.807, 2.05) is 0 Å². The topological polar surface area (TPSA) is 72.7 Å². The summed E-state index contributed by atoms with van der Waals surface area (Å²) < 4.78 is 16.0. The molecule has 0 spiro atoms. The fourth-order valence-electron chi connectivity index (χ4n) is 2.08. The molecule has 0 aliphatic heterocycles. The summed E-state index contributed by atoms with van der Waals surface area (Å²) in [4.78, 5) is 12.3. The van der Waals surface area contributed by atoms with E-state index in [0.29, 0.717) is 22.1 Å². The number of nitrogens with one attached hydrogen (secondary N) is 1. The summed E-state index contributed by atoms with van der Waals surface area (Å²) >= 11 is 9.35. The van der Waals surface area contributed by atoms with E-state index < -0.39 is 11.7 Å². The van der Waals surface area contributed by atoms with E-state index in [4.69, 9.17) is 11.6 Å². The maximum absolute atomic E-state index is 14.0. The standard InChI is InChI=1S/C15H10BrClFN5O/c1-8-20-21-22-23(8)14-7-10(3-5-13(14)18)19-15(24)11-4-2-9(16)6-12(11)17/h2-7H,1H3,(H,19,24). The average molecular weight is 411 g/mol. The second kappa shape index (κ2) is 6.66. The third kappa shape index (κ3) is 3.29. The third-order valence-corrected chi connectivity index (χ3v) is 4.04. The van der Waals surface area contributed by atoms with Crippen LogP contribution in [-0.4, -0.2) is 26.1 Å². The van der Waals surface area contributed by atoms with Crippen LogP contribution in [0.15, 0.2) is 40.9 Å². The van der Waals surface area contributed by atoms with Crippen LogP contribution in [0.25, 0.3) is 5.69 Å². The van der Waals surface area contributed by atoms with Crippen molar-refractivity contribution in [2.75, 3.05) is 5.32 Å². The molecular weight excluding hydrogens is 401 g/mol. The van der Waals surface area contributed by atoms with E-state index in [0.717, 1.165) is 4.47 Å². The van der Waals surface area contributed by atoms with Gasteiger partial charge in [0.05, 0.1) is 10.6 Å². The molecule has 24 heavy (non-hydrogen) atoms. The van der Waals surface area contributed by atoms with Gasteiger partial charge in [-0.2, -0.15) is 4.68 Å². The number of benzene rings is 2. The van der Waals surface area contributed by atoms with Crippen LogP contribution in [0.1, 0.15) is 16.2 Å². The number of hydrogen-bond donors (Lipinski definition) is 1. The Morgan fingerprint density at radius 3 is 2.75 bits per heavy atom. The van der Waals surface area contributed by atoms with Crippen molar-refractivity contribution in [1.82, 2.24) is 20.2 Å². The van der Waals surface area contributed by atoms with Gasteiger partial charge in [0.25, 0.3) is 5.91 Å². The van der Waals surface area contributed by atoms with Crippen LogP contribution in [0.4, 0.5) is 10.1 Å². The summed E-state index contributed by atoms with van der Waals surface area (Å²) in [6, 6.07) is 9.05. The number of halogens is 3. The Kier molecular flexibility index (Phi) is 4.59. The molecule has 1 heterocycles. The first kappa shape index (κ1) is 16.5. The molecule has 3 rings (SSSR count). The van der Waals surface area contributed by atoms with Crippen LogP contribution in [-0.2, 0) is 0 Å². The molecule has 122 valence electrons. The number of amides is 1. The van der Waals surface area contributed by atoms with Crippen LogP contribution in [0.2, 0.25) is 5.02 Å². The zero-order chi connectivity index (χ0) is 17.3. The Labute approximate surface area is 149 Å². The molecular formula is C15H10BrClFN5O. The molecule has 1 N–H and O–H groups in total. The number of tetrazole rings is 1. The number of anilines is 1. The Hall–Kier alpha value is -2.32. The normalized spacial score (nSPS) is 10.7. The van der Waals surface area contributed by atoms with Crippen molar-refractivity contribution in [1.29, 1.82) is 0 Å². The number of nitrogens with zero attached hydrogens (tertiary/aromatic N) is 4. The predicted octanol–water partition coefficient (Wildman–Crippen LogP) is 3.78. The molecule has 1 amide bonds. The minimum Gasteiger partial charge on any atom is -0.322 e. The lowest BCUT2D eigenvalue weighted by Gasteiger charge is -2.10. The number of rotatable bonds is 3. The van der Waals surface area contributed by atoms with Crippen molar-refractivity contribution in [3.8, 4) is 5.69 Å². The highest BCUT2D eigenvalue weighted by molar-refractivity contribution is 9.10. The largest absolute Gasteiger partial charge is 0.322 e. The molecule has 0 radical (unpaired) electrons. The average Bonchev–Trinajstić information content (AvgIpc) is 2.95. The molecule has 0 saturated carbocycles. The minimum atomic E-state index is -0.509. The molecule has 0 unspecified atom stereocenters. The molecule has 1 aromatic heterocycles. The summed E-state index contributed by atoms with van der Waals surface area (Å²) in [6.07, 6.45) is 0. The van der Waals surface area contributed by atoms with Crippen LogP contribution in [0.3, 0.4) is 0 Å². The fraction of sp³-hybridized carbons (Fsp3) is 0.0667. The molecule has 3 aromatic rings.